The molecular formula is C8H15FO2. The first-order valence-electron chi connectivity index (χ1n) is 3.79. The molecule has 0 aliphatic rings. The molecule has 3 heteroatoms. The summed E-state index contributed by atoms with van der Waals surface area (Å²) in [5.41, 5.74) is 0. The molecule has 0 heterocycles. The second-order valence-corrected chi connectivity index (χ2v) is 2.28. The third-order valence-electron chi connectivity index (χ3n) is 1.09. The molecule has 0 amide bonds. The average Bonchev–Trinajstić information content (AvgIpc) is 2.01. The van der Waals surface area contributed by atoms with Crippen molar-refractivity contribution in [1.29, 1.82) is 0 Å². The number of hydrogen-bond acceptors (Lipinski definition) is 2. The maximum Gasteiger partial charge on any atom is 0.121 e. The van der Waals surface area contributed by atoms with E-state index in [2.05, 4.69) is 0 Å². The number of rotatable bonds is 6. The van der Waals surface area contributed by atoms with Gasteiger partial charge in [-0.3, -0.25) is 0 Å². The quantitative estimate of drug-likeness (QED) is 0.558. The smallest absolute Gasteiger partial charge is 0.121 e. The molecule has 0 rings (SSSR count). The van der Waals surface area contributed by atoms with Crippen LogP contribution in [0.1, 0.15) is 20.3 Å². The van der Waals surface area contributed by atoms with Gasteiger partial charge in [-0.1, -0.05) is 6.92 Å². The van der Waals surface area contributed by atoms with Crippen molar-refractivity contribution in [1.82, 2.24) is 0 Å². The van der Waals surface area contributed by atoms with Gasteiger partial charge in [-0.2, -0.15) is 0 Å². The lowest BCUT2D eigenvalue weighted by Crippen LogP contribution is -2.14. The Balaban J connectivity index is 3.15. The van der Waals surface area contributed by atoms with Gasteiger partial charge in [-0.15, -0.1) is 0 Å². The summed E-state index contributed by atoms with van der Waals surface area (Å²) in [4.78, 5) is 0. The standard InChI is InChI=1S/C8H15FO2/c1-3-5-11-8(2)7-10-6-4-9/h4,6,8H,3,5,7H2,1-2H3. The SMILES string of the molecule is CCCOC(C)COC=CF. The van der Waals surface area contributed by atoms with Crippen molar-refractivity contribution in [2.24, 2.45) is 0 Å². The second kappa shape index (κ2) is 7.54. The Morgan fingerprint density at radius 1 is 1.55 bits per heavy atom. The summed E-state index contributed by atoms with van der Waals surface area (Å²) < 4.78 is 21.4. The van der Waals surface area contributed by atoms with Crippen LogP contribution in [0.2, 0.25) is 0 Å². The molecule has 1 unspecified atom stereocenters. The van der Waals surface area contributed by atoms with Crippen LogP contribution in [-0.2, 0) is 9.47 Å². The molecule has 0 N–H and O–H groups in total. The van der Waals surface area contributed by atoms with Gasteiger partial charge in [0.2, 0.25) is 0 Å². The van der Waals surface area contributed by atoms with E-state index in [1.807, 2.05) is 13.8 Å². The van der Waals surface area contributed by atoms with Crippen LogP contribution in [0.5, 0.6) is 0 Å². The van der Waals surface area contributed by atoms with Crippen LogP contribution in [0, 0.1) is 0 Å². The van der Waals surface area contributed by atoms with E-state index in [1.165, 1.54) is 0 Å². The minimum absolute atomic E-state index is 0.0335. The summed E-state index contributed by atoms with van der Waals surface area (Å²) >= 11 is 0. The summed E-state index contributed by atoms with van der Waals surface area (Å²) in [6.45, 7) is 5.06. The fraction of sp³-hybridized carbons (Fsp3) is 0.750. The molecular weight excluding hydrogens is 147 g/mol. The lowest BCUT2D eigenvalue weighted by Gasteiger charge is -2.10. The predicted molar refractivity (Wildman–Crippen MR) is 41.9 cm³/mol. The van der Waals surface area contributed by atoms with E-state index in [0.29, 0.717) is 12.9 Å². The molecule has 0 bridgehead atoms. The fourth-order valence-electron chi connectivity index (χ4n) is 0.595. The summed E-state index contributed by atoms with van der Waals surface area (Å²) in [6.07, 6.45) is 2.41. The lowest BCUT2D eigenvalue weighted by molar-refractivity contribution is 0.0198. The zero-order valence-corrected chi connectivity index (χ0v) is 7.05. The monoisotopic (exact) mass is 162 g/mol. The van der Waals surface area contributed by atoms with Gasteiger partial charge in [-0.05, 0) is 13.3 Å². The van der Waals surface area contributed by atoms with Crippen LogP contribution < -0.4 is 0 Å². The maximum absolute atomic E-state index is 11.3. The Kier molecular flexibility index (Phi) is 7.15. The van der Waals surface area contributed by atoms with Gasteiger partial charge < -0.3 is 9.47 Å². The fourth-order valence-corrected chi connectivity index (χ4v) is 0.595. The number of halogens is 1. The van der Waals surface area contributed by atoms with E-state index in [4.69, 9.17) is 9.47 Å². The van der Waals surface area contributed by atoms with Crippen molar-refractivity contribution in [2.45, 2.75) is 26.4 Å². The molecule has 0 aliphatic carbocycles. The first kappa shape index (κ1) is 10.4. The van der Waals surface area contributed by atoms with Crippen LogP contribution in [0.25, 0.3) is 0 Å². The molecule has 11 heavy (non-hydrogen) atoms. The lowest BCUT2D eigenvalue weighted by atomic mass is 10.4. The van der Waals surface area contributed by atoms with Crippen LogP contribution in [-0.4, -0.2) is 19.3 Å². The molecule has 0 saturated heterocycles. The Morgan fingerprint density at radius 3 is 2.82 bits per heavy atom. The average molecular weight is 162 g/mol. The Hall–Kier alpha value is -0.570. The van der Waals surface area contributed by atoms with E-state index in [9.17, 15) is 4.39 Å². The summed E-state index contributed by atoms with van der Waals surface area (Å²) in [6, 6.07) is 0. The van der Waals surface area contributed by atoms with E-state index < -0.39 is 0 Å². The van der Waals surface area contributed by atoms with Crippen molar-refractivity contribution >= 4 is 0 Å². The zero-order valence-electron chi connectivity index (χ0n) is 7.05. The van der Waals surface area contributed by atoms with Gasteiger partial charge in [0, 0.05) is 6.61 Å². The van der Waals surface area contributed by atoms with Gasteiger partial charge in [0.25, 0.3) is 0 Å². The van der Waals surface area contributed by atoms with Gasteiger partial charge in [0.15, 0.2) is 0 Å². The number of ether oxygens (including phenoxy) is 2. The van der Waals surface area contributed by atoms with E-state index in [0.717, 1.165) is 19.3 Å². The first-order valence-corrected chi connectivity index (χ1v) is 3.79. The highest BCUT2D eigenvalue weighted by molar-refractivity contribution is 4.59. The largest absolute Gasteiger partial charge is 0.496 e. The Morgan fingerprint density at radius 2 is 2.27 bits per heavy atom. The molecule has 1 atom stereocenters. The van der Waals surface area contributed by atoms with Crippen LogP contribution in [0.3, 0.4) is 0 Å². The molecule has 0 radical (unpaired) electrons. The first-order chi connectivity index (χ1) is 5.31. The Bertz CT molecular complexity index is 104. The van der Waals surface area contributed by atoms with Crippen molar-refractivity contribution < 1.29 is 13.9 Å². The van der Waals surface area contributed by atoms with E-state index >= 15 is 0 Å². The molecule has 0 spiro atoms. The van der Waals surface area contributed by atoms with Crippen LogP contribution >= 0.6 is 0 Å². The summed E-state index contributed by atoms with van der Waals surface area (Å²) in [5, 5.41) is 0. The molecule has 2 nitrogen and oxygen atoms in total. The second-order valence-electron chi connectivity index (χ2n) is 2.28. The van der Waals surface area contributed by atoms with Crippen molar-refractivity contribution in [3.63, 3.8) is 0 Å². The molecule has 0 aromatic carbocycles. The van der Waals surface area contributed by atoms with Crippen molar-refractivity contribution in [3.8, 4) is 0 Å². The normalized spacial score (nSPS) is 13.7. The maximum atomic E-state index is 11.3. The molecule has 0 aliphatic heterocycles. The Labute approximate surface area is 67.0 Å². The van der Waals surface area contributed by atoms with Gasteiger partial charge in [0.1, 0.15) is 19.2 Å². The molecule has 0 fully saturated rings. The molecule has 0 saturated carbocycles. The van der Waals surface area contributed by atoms with E-state index in [-0.39, 0.29) is 6.10 Å². The minimum Gasteiger partial charge on any atom is -0.496 e. The highest BCUT2D eigenvalue weighted by Gasteiger charge is 1.99. The predicted octanol–water partition coefficient (Wildman–Crippen LogP) is 2.26. The van der Waals surface area contributed by atoms with Crippen molar-refractivity contribution in [3.05, 3.63) is 12.6 Å². The highest BCUT2D eigenvalue weighted by Crippen LogP contribution is 1.93. The highest BCUT2D eigenvalue weighted by atomic mass is 19.1. The topological polar surface area (TPSA) is 18.5 Å². The summed E-state index contributed by atoms with van der Waals surface area (Å²) in [7, 11) is 0. The molecule has 0 aromatic rings. The van der Waals surface area contributed by atoms with Crippen LogP contribution in [0.4, 0.5) is 4.39 Å². The third-order valence-corrected chi connectivity index (χ3v) is 1.09. The summed E-state index contributed by atoms with van der Waals surface area (Å²) in [5.74, 6) is 0. The van der Waals surface area contributed by atoms with Gasteiger partial charge in [-0.25, -0.2) is 4.39 Å². The van der Waals surface area contributed by atoms with Gasteiger partial charge >= 0.3 is 0 Å². The third kappa shape index (κ3) is 7.33. The van der Waals surface area contributed by atoms with E-state index in [1.54, 1.807) is 0 Å². The van der Waals surface area contributed by atoms with Crippen molar-refractivity contribution in [2.75, 3.05) is 13.2 Å². The minimum atomic E-state index is 0.0335. The van der Waals surface area contributed by atoms with Crippen LogP contribution in [0.15, 0.2) is 12.6 Å². The molecule has 0 aromatic heterocycles. The van der Waals surface area contributed by atoms with Gasteiger partial charge in [0.05, 0.1) is 6.10 Å². The number of hydrogen-bond donors (Lipinski definition) is 0. The molecule has 66 valence electrons. The zero-order chi connectivity index (χ0) is 8.53.